The average Bonchev–Trinajstić information content (AvgIpc) is 3.64. The number of carbonyl (C=O) groups is 4. The van der Waals surface area contributed by atoms with Gasteiger partial charge in [0, 0.05) is 24.2 Å². The Balaban J connectivity index is 1.11. The molecule has 4 aromatic rings. The molecule has 0 radical (unpaired) electrons. The van der Waals surface area contributed by atoms with Gasteiger partial charge in [-0.3, -0.25) is 14.4 Å². The van der Waals surface area contributed by atoms with Crippen molar-refractivity contribution in [1.82, 2.24) is 0 Å². The van der Waals surface area contributed by atoms with E-state index in [0.29, 0.717) is 17.2 Å². The van der Waals surface area contributed by atoms with Crippen LogP contribution in [0.2, 0.25) is 0 Å². The summed E-state index contributed by atoms with van der Waals surface area (Å²) in [5.41, 5.74) is 2.05. The van der Waals surface area contributed by atoms with Gasteiger partial charge in [-0.05, 0) is 79.7 Å². The third-order valence-corrected chi connectivity index (χ3v) is 6.32. The highest BCUT2D eigenvalue weighted by Crippen LogP contribution is 2.29. The predicted molar refractivity (Wildman–Crippen MR) is 144 cm³/mol. The molecule has 1 aromatic heterocycles. The highest BCUT2D eigenvalue weighted by molar-refractivity contribution is 6.01. The number of amides is 1. The highest BCUT2D eigenvalue weighted by atomic mass is 16.5. The number of hydrogen-bond acceptors (Lipinski definition) is 8. The molecular weight excluding hydrogens is 514 g/mol. The molecule has 40 heavy (non-hydrogen) atoms. The van der Waals surface area contributed by atoms with Crippen molar-refractivity contribution in [1.29, 1.82) is 0 Å². The van der Waals surface area contributed by atoms with E-state index in [4.69, 9.17) is 18.6 Å². The Labute approximate surface area is 229 Å². The van der Waals surface area contributed by atoms with E-state index in [2.05, 4.69) is 0 Å². The third kappa shape index (κ3) is 6.27. The van der Waals surface area contributed by atoms with E-state index in [-0.39, 0.29) is 35.9 Å². The number of Topliss-reactive ketones (excluding diaryl/α,β-unsaturated/α-hetero) is 1. The van der Waals surface area contributed by atoms with E-state index >= 15 is 0 Å². The molecule has 1 amide bonds. The molecule has 0 unspecified atom stereocenters. The van der Waals surface area contributed by atoms with Crippen LogP contribution >= 0.6 is 0 Å². The lowest BCUT2D eigenvalue weighted by Gasteiger charge is -2.17. The van der Waals surface area contributed by atoms with E-state index in [1.807, 2.05) is 31.2 Å². The first-order chi connectivity index (χ1) is 19.4. The van der Waals surface area contributed by atoms with E-state index in [1.165, 1.54) is 41.5 Å². The summed E-state index contributed by atoms with van der Waals surface area (Å²) >= 11 is 0. The molecule has 1 saturated heterocycles. The van der Waals surface area contributed by atoms with Gasteiger partial charge in [-0.15, -0.1) is 0 Å². The van der Waals surface area contributed by atoms with Crippen LogP contribution < -0.4 is 14.4 Å². The van der Waals surface area contributed by atoms with Crippen LogP contribution in [0, 0.1) is 12.8 Å². The number of esters is 2. The van der Waals surface area contributed by atoms with Gasteiger partial charge in [0.2, 0.25) is 11.7 Å². The molecule has 1 aliphatic rings. The third-order valence-electron chi connectivity index (χ3n) is 6.32. The second kappa shape index (κ2) is 11.7. The molecule has 9 heteroatoms. The Morgan fingerprint density at radius 3 is 2.17 bits per heavy atom. The summed E-state index contributed by atoms with van der Waals surface area (Å²) in [6.07, 6.45) is 1.35. The number of benzene rings is 3. The Morgan fingerprint density at radius 2 is 1.52 bits per heavy atom. The molecule has 5 rings (SSSR count). The van der Waals surface area contributed by atoms with Crippen molar-refractivity contribution in [2.45, 2.75) is 13.3 Å². The molecule has 202 valence electrons. The van der Waals surface area contributed by atoms with Crippen molar-refractivity contribution >= 4 is 29.3 Å². The van der Waals surface area contributed by atoms with Crippen LogP contribution in [0.15, 0.2) is 95.6 Å². The second-order valence-electron chi connectivity index (χ2n) is 9.24. The number of aryl methyl sites for hydroxylation is 1. The molecule has 0 aliphatic carbocycles. The fourth-order valence-corrected chi connectivity index (χ4v) is 4.15. The van der Waals surface area contributed by atoms with E-state index in [9.17, 15) is 19.2 Å². The largest absolute Gasteiger partial charge is 0.457 e. The lowest BCUT2D eigenvalue weighted by atomic mass is 10.1. The average molecular weight is 540 g/mol. The van der Waals surface area contributed by atoms with Crippen LogP contribution in [0.1, 0.15) is 32.9 Å². The van der Waals surface area contributed by atoms with Gasteiger partial charge in [-0.1, -0.05) is 17.7 Å². The maximum Gasteiger partial charge on any atom is 0.379 e. The van der Waals surface area contributed by atoms with Crippen molar-refractivity contribution in [3.8, 4) is 17.2 Å². The number of furan rings is 1. The second-order valence-corrected chi connectivity index (χ2v) is 9.24. The van der Waals surface area contributed by atoms with E-state index < -0.39 is 30.2 Å². The van der Waals surface area contributed by atoms with Gasteiger partial charge in [-0.2, -0.15) is 0 Å². The van der Waals surface area contributed by atoms with Crippen LogP contribution in [-0.2, 0) is 14.3 Å². The fraction of sp³-hybridized carbons (Fsp3) is 0.161. The minimum atomic E-state index is -0.688. The summed E-state index contributed by atoms with van der Waals surface area (Å²) < 4.78 is 21.2. The van der Waals surface area contributed by atoms with Crippen LogP contribution in [0.3, 0.4) is 0 Å². The van der Waals surface area contributed by atoms with Crippen LogP contribution in [0.5, 0.6) is 17.2 Å². The van der Waals surface area contributed by atoms with Crippen molar-refractivity contribution in [3.05, 3.63) is 108 Å². The number of hydrogen-bond donors (Lipinski definition) is 0. The summed E-state index contributed by atoms with van der Waals surface area (Å²) in [4.78, 5) is 51.2. The predicted octanol–water partition coefficient (Wildman–Crippen LogP) is 5.38. The Hall–Kier alpha value is -5.18. The lowest BCUT2D eigenvalue weighted by Crippen LogP contribution is -2.27. The minimum Gasteiger partial charge on any atom is -0.457 e. The zero-order valence-corrected chi connectivity index (χ0v) is 21.6. The van der Waals surface area contributed by atoms with Crippen LogP contribution in [0.25, 0.3) is 0 Å². The van der Waals surface area contributed by atoms with E-state index in [0.717, 1.165) is 5.56 Å². The Kier molecular flexibility index (Phi) is 7.72. The molecule has 3 aromatic carbocycles. The zero-order chi connectivity index (χ0) is 28.1. The molecule has 1 atom stereocenters. The van der Waals surface area contributed by atoms with Gasteiger partial charge in [-0.25, -0.2) is 4.79 Å². The summed E-state index contributed by atoms with van der Waals surface area (Å²) in [7, 11) is 0. The Bertz CT molecular complexity index is 1510. The monoisotopic (exact) mass is 539 g/mol. The summed E-state index contributed by atoms with van der Waals surface area (Å²) in [5, 5.41) is 0. The highest BCUT2D eigenvalue weighted by Gasteiger charge is 2.36. The van der Waals surface area contributed by atoms with Crippen molar-refractivity contribution in [2.24, 2.45) is 5.92 Å². The van der Waals surface area contributed by atoms with E-state index in [1.54, 1.807) is 30.3 Å². The number of rotatable bonds is 9. The van der Waals surface area contributed by atoms with Crippen molar-refractivity contribution < 1.29 is 37.8 Å². The molecule has 0 N–H and O–H groups in total. The number of nitrogens with zero attached hydrogens (tertiary/aromatic N) is 1. The number of ether oxygens (including phenoxy) is 3. The summed E-state index contributed by atoms with van der Waals surface area (Å²) in [6.45, 7) is 1.68. The molecule has 9 nitrogen and oxygen atoms in total. The first-order valence-electron chi connectivity index (χ1n) is 12.6. The van der Waals surface area contributed by atoms with Crippen molar-refractivity contribution in [2.75, 3.05) is 18.1 Å². The molecule has 1 fully saturated rings. The summed E-state index contributed by atoms with van der Waals surface area (Å²) in [6, 6.07) is 23.6. The number of anilines is 1. The van der Waals surface area contributed by atoms with Gasteiger partial charge in [0.15, 0.2) is 12.4 Å². The van der Waals surface area contributed by atoms with Crippen LogP contribution in [-0.4, -0.2) is 36.8 Å². The van der Waals surface area contributed by atoms with Gasteiger partial charge in [0.1, 0.15) is 17.2 Å². The molecule has 2 heterocycles. The minimum absolute atomic E-state index is 0.00955. The molecular formula is C31H25NO8. The fourth-order valence-electron chi connectivity index (χ4n) is 4.15. The maximum absolute atomic E-state index is 12.6. The number of carbonyl (C=O) groups excluding carboxylic acids is 4. The molecule has 1 aliphatic heterocycles. The first kappa shape index (κ1) is 26.4. The quantitative estimate of drug-likeness (QED) is 0.158. The Morgan fingerprint density at radius 1 is 0.875 bits per heavy atom. The van der Waals surface area contributed by atoms with Gasteiger partial charge in [0.25, 0.3) is 0 Å². The van der Waals surface area contributed by atoms with Gasteiger partial charge >= 0.3 is 11.9 Å². The lowest BCUT2D eigenvalue weighted by molar-refractivity contribution is -0.147. The standard InChI is InChI=1S/C31H25NO8/c1-20-4-10-24(11-5-20)39-25-14-8-23(9-15-25)32-18-22(17-29(32)34)30(35)38-19-27(33)21-6-12-26(13-7-21)40-31(36)28-3-2-16-37-28/h2-16,22H,17-19H2,1H3/t22-/m1/s1. The SMILES string of the molecule is Cc1ccc(Oc2ccc(N3C[C@H](C(=O)OCC(=O)c4ccc(OC(=O)c5ccco5)cc4)CC3=O)cc2)cc1. The first-order valence-corrected chi connectivity index (χ1v) is 12.6. The molecule has 0 spiro atoms. The molecule has 0 saturated carbocycles. The summed E-state index contributed by atoms with van der Waals surface area (Å²) in [5.74, 6) is -0.989. The van der Waals surface area contributed by atoms with Crippen LogP contribution in [0.4, 0.5) is 5.69 Å². The van der Waals surface area contributed by atoms with Gasteiger partial charge < -0.3 is 23.5 Å². The maximum atomic E-state index is 12.6. The smallest absolute Gasteiger partial charge is 0.379 e. The van der Waals surface area contributed by atoms with Gasteiger partial charge in [0.05, 0.1) is 12.2 Å². The number of ketones is 1. The normalized spacial score (nSPS) is 14.6. The topological polar surface area (TPSA) is 112 Å². The molecule has 0 bridgehead atoms. The zero-order valence-electron chi connectivity index (χ0n) is 21.6. The van der Waals surface area contributed by atoms with Crippen molar-refractivity contribution in [3.63, 3.8) is 0 Å².